The normalized spacial score (nSPS) is 11.8. The van der Waals surface area contributed by atoms with Gasteiger partial charge in [0.1, 0.15) is 0 Å². The van der Waals surface area contributed by atoms with Crippen LogP contribution in [0.2, 0.25) is 15.1 Å². The monoisotopic (exact) mass is 354 g/mol. The summed E-state index contributed by atoms with van der Waals surface area (Å²) in [6, 6.07) is 12.1. The van der Waals surface area contributed by atoms with E-state index in [0.717, 1.165) is 5.56 Å². The Labute approximate surface area is 143 Å². The lowest BCUT2D eigenvalue weighted by Crippen LogP contribution is -2.16. The molecule has 2 aromatic rings. The highest BCUT2D eigenvalue weighted by molar-refractivity contribution is 6.36. The van der Waals surface area contributed by atoms with Gasteiger partial charge in [-0.1, -0.05) is 46.9 Å². The molecule has 0 bridgehead atoms. The number of hydrogen-bond acceptors (Lipinski definition) is 2. The lowest BCUT2D eigenvalue weighted by molar-refractivity contribution is -0.114. The predicted molar refractivity (Wildman–Crippen MR) is 93.3 cm³/mol. The zero-order chi connectivity index (χ0) is 16.3. The lowest BCUT2D eigenvalue weighted by Gasteiger charge is -2.15. The highest BCUT2D eigenvalue weighted by atomic mass is 35.5. The third-order valence-electron chi connectivity index (χ3n) is 3.07. The zero-order valence-corrected chi connectivity index (χ0v) is 13.9. The van der Waals surface area contributed by atoms with Crippen LogP contribution in [0.15, 0.2) is 48.0 Å². The van der Waals surface area contributed by atoms with Gasteiger partial charge < -0.3 is 11.1 Å². The molecule has 1 amide bonds. The van der Waals surface area contributed by atoms with E-state index < -0.39 is 5.91 Å². The fourth-order valence-electron chi connectivity index (χ4n) is 1.85. The van der Waals surface area contributed by atoms with E-state index in [9.17, 15) is 4.79 Å². The SMILES string of the molecule is C/C(C(N)=O)=C(/Nc1ccc(Cl)cc1Cl)c1ccc(Cl)cc1. The Hall–Kier alpha value is -1.68. The summed E-state index contributed by atoms with van der Waals surface area (Å²) in [6.45, 7) is 1.64. The minimum absolute atomic E-state index is 0.383. The number of amides is 1. The van der Waals surface area contributed by atoms with Crippen LogP contribution in [0.1, 0.15) is 12.5 Å². The average Bonchev–Trinajstić information content (AvgIpc) is 2.47. The summed E-state index contributed by atoms with van der Waals surface area (Å²) in [5.74, 6) is -0.525. The van der Waals surface area contributed by atoms with Crippen LogP contribution in [-0.4, -0.2) is 5.91 Å². The van der Waals surface area contributed by atoms with E-state index >= 15 is 0 Å². The maximum absolute atomic E-state index is 11.6. The van der Waals surface area contributed by atoms with Crippen molar-refractivity contribution in [3.63, 3.8) is 0 Å². The van der Waals surface area contributed by atoms with Crippen LogP contribution in [0, 0.1) is 0 Å². The van der Waals surface area contributed by atoms with E-state index in [4.69, 9.17) is 40.5 Å². The van der Waals surface area contributed by atoms with Gasteiger partial charge in [0.15, 0.2) is 0 Å². The van der Waals surface area contributed by atoms with Gasteiger partial charge in [-0.25, -0.2) is 0 Å². The van der Waals surface area contributed by atoms with Gasteiger partial charge in [-0.2, -0.15) is 0 Å². The Balaban J connectivity index is 2.48. The number of carbonyl (C=O) groups excluding carboxylic acids is 1. The number of carbonyl (C=O) groups is 1. The first kappa shape index (κ1) is 16.7. The van der Waals surface area contributed by atoms with Gasteiger partial charge in [0, 0.05) is 15.6 Å². The van der Waals surface area contributed by atoms with Crippen molar-refractivity contribution in [1.29, 1.82) is 0 Å². The lowest BCUT2D eigenvalue weighted by atomic mass is 10.1. The van der Waals surface area contributed by atoms with E-state index in [0.29, 0.717) is 32.0 Å². The zero-order valence-electron chi connectivity index (χ0n) is 11.7. The second-order valence-corrected chi connectivity index (χ2v) is 5.90. The van der Waals surface area contributed by atoms with Crippen molar-refractivity contribution in [2.24, 2.45) is 5.73 Å². The Morgan fingerprint density at radius 3 is 2.14 bits per heavy atom. The quantitative estimate of drug-likeness (QED) is 0.760. The molecule has 2 rings (SSSR count). The largest absolute Gasteiger partial charge is 0.366 e. The summed E-state index contributed by atoms with van der Waals surface area (Å²) >= 11 is 17.9. The molecule has 114 valence electrons. The summed E-state index contributed by atoms with van der Waals surface area (Å²) in [5, 5.41) is 4.71. The summed E-state index contributed by atoms with van der Waals surface area (Å²) in [4.78, 5) is 11.6. The Kier molecular flexibility index (Phi) is 5.35. The van der Waals surface area contributed by atoms with Crippen LogP contribution in [0.25, 0.3) is 5.70 Å². The maximum atomic E-state index is 11.6. The number of rotatable bonds is 4. The van der Waals surface area contributed by atoms with E-state index in [1.54, 1.807) is 49.4 Å². The van der Waals surface area contributed by atoms with Crippen LogP contribution < -0.4 is 11.1 Å². The van der Waals surface area contributed by atoms with Gasteiger partial charge >= 0.3 is 0 Å². The summed E-state index contributed by atoms with van der Waals surface area (Å²) in [5.41, 5.74) is 7.74. The van der Waals surface area contributed by atoms with Gasteiger partial charge in [0.2, 0.25) is 5.91 Å². The molecular weight excluding hydrogens is 343 g/mol. The van der Waals surface area contributed by atoms with E-state index in [1.807, 2.05) is 0 Å². The van der Waals surface area contributed by atoms with Crippen molar-refractivity contribution in [2.75, 3.05) is 5.32 Å². The molecule has 0 aliphatic carbocycles. The second kappa shape index (κ2) is 7.05. The van der Waals surface area contributed by atoms with E-state index in [2.05, 4.69) is 5.32 Å². The molecule has 3 N–H and O–H groups in total. The van der Waals surface area contributed by atoms with Gasteiger partial charge in [0.05, 0.1) is 16.4 Å². The molecule has 0 fully saturated rings. The second-order valence-electron chi connectivity index (χ2n) is 4.62. The predicted octanol–water partition coefficient (Wildman–Crippen LogP) is 4.98. The molecule has 6 heteroatoms. The van der Waals surface area contributed by atoms with Crippen molar-refractivity contribution in [2.45, 2.75) is 6.92 Å². The van der Waals surface area contributed by atoms with E-state index in [-0.39, 0.29) is 0 Å². The molecule has 0 saturated carbocycles. The first-order chi connectivity index (χ1) is 10.4. The Bertz CT molecular complexity index is 740. The van der Waals surface area contributed by atoms with Crippen molar-refractivity contribution >= 4 is 52.1 Å². The molecule has 0 spiro atoms. The number of anilines is 1. The number of nitrogens with two attached hydrogens (primary N) is 1. The maximum Gasteiger partial charge on any atom is 0.246 e. The Morgan fingerprint density at radius 2 is 1.59 bits per heavy atom. The Morgan fingerprint density at radius 1 is 1.00 bits per heavy atom. The summed E-state index contributed by atoms with van der Waals surface area (Å²) < 4.78 is 0. The molecule has 0 aliphatic rings. The highest BCUT2D eigenvalue weighted by Gasteiger charge is 2.12. The number of hydrogen-bond donors (Lipinski definition) is 2. The highest BCUT2D eigenvalue weighted by Crippen LogP contribution is 2.30. The molecule has 0 unspecified atom stereocenters. The number of primary amides is 1. The fraction of sp³-hybridized carbons (Fsp3) is 0.0625. The summed E-state index contributed by atoms with van der Waals surface area (Å²) in [7, 11) is 0. The first-order valence-corrected chi connectivity index (χ1v) is 7.50. The molecule has 0 heterocycles. The van der Waals surface area contributed by atoms with Crippen molar-refractivity contribution in [1.82, 2.24) is 0 Å². The molecular formula is C16H13Cl3N2O. The minimum Gasteiger partial charge on any atom is -0.366 e. The number of halogens is 3. The van der Waals surface area contributed by atoms with Crippen molar-refractivity contribution in [3.8, 4) is 0 Å². The van der Waals surface area contributed by atoms with Crippen molar-refractivity contribution in [3.05, 3.63) is 68.7 Å². The molecule has 0 radical (unpaired) electrons. The smallest absolute Gasteiger partial charge is 0.246 e. The van der Waals surface area contributed by atoms with Crippen LogP contribution in [0.5, 0.6) is 0 Å². The van der Waals surface area contributed by atoms with E-state index in [1.165, 1.54) is 0 Å². The van der Waals surface area contributed by atoms with Gasteiger partial charge in [-0.15, -0.1) is 0 Å². The van der Waals surface area contributed by atoms with Crippen LogP contribution >= 0.6 is 34.8 Å². The van der Waals surface area contributed by atoms with Crippen molar-refractivity contribution < 1.29 is 4.79 Å². The average molecular weight is 356 g/mol. The third-order valence-corrected chi connectivity index (χ3v) is 3.87. The number of benzene rings is 2. The van der Waals surface area contributed by atoms with Gasteiger partial charge in [0.25, 0.3) is 0 Å². The van der Waals surface area contributed by atoms with Gasteiger partial charge in [-0.05, 0) is 42.8 Å². The third kappa shape index (κ3) is 3.95. The fourth-order valence-corrected chi connectivity index (χ4v) is 2.43. The van der Waals surface area contributed by atoms with Crippen LogP contribution in [0.3, 0.4) is 0 Å². The number of nitrogens with one attached hydrogen (secondary N) is 1. The molecule has 2 aromatic carbocycles. The molecule has 22 heavy (non-hydrogen) atoms. The molecule has 0 atom stereocenters. The minimum atomic E-state index is -0.525. The van der Waals surface area contributed by atoms with Gasteiger partial charge in [-0.3, -0.25) is 4.79 Å². The standard InChI is InChI=1S/C16H13Cl3N2O/c1-9(16(20)22)15(10-2-4-11(17)5-3-10)21-14-7-6-12(18)8-13(14)19/h2-8,21H,1H3,(H2,20,22)/b15-9-. The topological polar surface area (TPSA) is 55.1 Å². The molecule has 0 aromatic heterocycles. The summed E-state index contributed by atoms with van der Waals surface area (Å²) in [6.07, 6.45) is 0. The molecule has 3 nitrogen and oxygen atoms in total. The van der Waals surface area contributed by atoms with Crippen LogP contribution in [0.4, 0.5) is 5.69 Å². The molecule has 0 saturated heterocycles. The van der Waals surface area contributed by atoms with Crippen LogP contribution in [-0.2, 0) is 4.79 Å². The molecule has 0 aliphatic heterocycles. The first-order valence-electron chi connectivity index (χ1n) is 6.37.